The molecule has 0 amide bonds. The molecule has 104 valence electrons. The van der Waals surface area contributed by atoms with Crippen molar-refractivity contribution in [3.05, 3.63) is 70.8 Å². The second-order valence-corrected chi connectivity index (χ2v) is 6.42. The summed E-state index contributed by atoms with van der Waals surface area (Å²) >= 11 is 0. The highest BCUT2D eigenvalue weighted by Crippen LogP contribution is 2.22. The Morgan fingerprint density at radius 3 is 2.20 bits per heavy atom. The van der Waals surface area contributed by atoms with Crippen LogP contribution in [-0.4, -0.2) is 5.78 Å². The van der Waals surface area contributed by atoms with E-state index in [9.17, 15) is 4.79 Å². The quantitative estimate of drug-likeness (QED) is 0.735. The van der Waals surface area contributed by atoms with Crippen LogP contribution >= 0.6 is 0 Å². The predicted octanol–water partition coefficient (Wildman–Crippen LogP) is 4.72. The highest BCUT2D eigenvalue weighted by Gasteiger charge is 2.14. The zero-order chi connectivity index (χ0) is 14.8. The van der Waals surface area contributed by atoms with E-state index in [1.54, 1.807) is 0 Å². The maximum Gasteiger partial charge on any atom is 0.167 e. The molecular weight excluding hydrogens is 244 g/mol. The summed E-state index contributed by atoms with van der Waals surface area (Å²) < 4.78 is 0. The maximum atomic E-state index is 12.3. The van der Waals surface area contributed by atoms with Crippen LogP contribution < -0.4 is 0 Å². The number of carbonyl (C=O) groups excluding carboxylic acids is 1. The number of hydrogen-bond donors (Lipinski definition) is 0. The van der Waals surface area contributed by atoms with Gasteiger partial charge < -0.3 is 0 Å². The molecule has 0 bridgehead atoms. The monoisotopic (exact) mass is 266 g/mol. The highest BCUT2D eigenvalue weighted by atomic mass is 16.1. The van der Waals surface area contributed by atoms with Gasteiger partial charge in [-0.1, -0.05) is 74.9 Å². The molecule has 0 saturated carbocycles. The second kappa shape index (κ2) is 5.62. The lowest BCUT2D eigenvalue weighted by molar-refractivity contribution is 0.0993. The smallest absolute Gasteiger partial charge is 0.167 e. The third-order valence-corrected chi connectivity index (χ3v) is 3.52. The lowest BCUT2D eigenvalue weighted by atomic mass is 9.86. The molecule has 0 aliphatic carbocycles. The molecule has 0 atom stereocenters. The van der Waals surface area contributed by atoms with E-state index >= 15 is 0 Å². The van der Waals surface area contributed by atoms with Crippen LogP contribution in [0.2, 0.25) is 0 Å². The van der Waals surface area contributed by atoms with E-state index in [2.05, 4.69) is 39.0 Å². The third-order valence-electron chi connectivity index (χ3n) is 3.52. The number of hydrogen-bond acceptors (Lipinski definition) is 1. The van der Waals surface area contributed by atoms with Crippen molar-refractivity contribution < 1.29 is 4.79 Å². The summed E-state index contributed by atoms with van der Waals surface area (Å²) in [6, 6.07) is 16.1. The molecule has 0 saturated heterocycles. The third kappa shape index (κ3) is 3.57. The topological polar surface area (TPSA) is 17.1 Å². The number of benzene rings is 2. The maximum absolute atomic E-state index is 12.3. The average molecular weight is 266 g/mol. The molecular formula is C19H22O. The molecule has 0 aromatic heterocycles. The minimum Gasteiger partial charge on any atom is -0.294 e. The Labute approximate surface area is 121 Å². The molecule has 0 aliphatic heterocycles. The SMILES string of the molecule is Cc1cccc(CC(=O)c2ccc(C(C)(C)C)cc2)c1. The standard InChI is InChI=1S/C19H22O/c1-14-6-5-7-15(12-14)13-18(20)16-8-10-17(11-9-16)19(2,3)4/h5-12H,13H2,1-4H3. The van der Waals surface area contributed by atoms with E-state index in [0.29, 0.717) is 6.42 Å². The van der Waals surface area contributed by atoms with Crippen molar-refractivity contribution in [3.63, 3.8) is 0 Å². The Kier molecular flexibility index (Phi) is 4.08. The van der Waals surface area contributed by atoms with Crippen molar-refractivity contribution in [1.29, 1.82) is 0 Å². The molecule has 0 spiro atoms. The summed E-state index contributed by atoms with van der Waals surface area (Å²) in [5.41, 5.74) is 4.44. The predicted molar refractivity (Wildman–Crippen MR) is 84.4 cm³/mol. The summed E-state index contributed by atoms with van der Waals surface area (Å²) in [6.07, 6.45) is 0.469. The van der Waals surface area contributed by atoms with Gasteiger partial charge >= 0.3 is 0 Å². The number of ketones is 1. The molecule has 0 N–H and O–H groups in total. The minimum absolute atomic E-state index is 0.123. The van der Waals surface area contributed by atoms with Crippen LogP contribution in [0.3, 0.4) is 0 Å². The lowest BCUT2D eigenvalue weighted by Crippen LogP contribution is -2.11. The summed E-state index contributed by atoms with van der Waals surface area (Å²) in [7, 11) is 0. The van der Waals surface area contributed by atoms with Gasteiger partial charge in [-0.05, 0) is 23.5 Å². The van der Waals surface area contributed by atoms with Gasteiger partial charge in [0.05, 0.1) is 0 Å². The normalized spacial score (nSPS) is 11.4. The van der Waals surface area contributed by atoms with Gasteiger partial charge in [0.15, 0.2) is 5.78 Å². The van der Waals surface area contributed by atoms with Crippen LogP contribution in [-0.2, 0) is 11.8 Å². The van der Waals surface area contributed by atoms with Gasteiger partial charge in [-0.25, -0.2) is 0 Å². The van der Waals surface area contributed by atoms with Crippen LogP contribution in [0.5, 0.6) is 0 Å². The van der Waals surface area contributed by atoms with Crippen molar-refractivity contribution in [2.24, 2.45) is 0 Å². The number of aryl methyl sites for hydroxylation is 1. The Bertz CT molecular complexity index is 600. The van der Waals surface area contributed by atoms with Crippen LogP contribution in [0.4, 0.5) is 0 Å². The Morgan fingerprint density at radius 1 is 1.00 bits per heavy atom. The molecule has 0 radical (unpaired) electrons. The molecule has 1 heteroatoms. The van der Waals surface area contributed by atoms with Crippen LogP contribution in [0.1, 0.15) is 47.8 Å². The van der Waals surface area contributed by atoms with Crippen LogP contribution in [0, 0.1) is 6.92 Å². The minimum atomic E-state index is 0.123. The summed E-state index contributed by atoms with van der Waals surface area (Å²) in [5, 5.41) is 0. The lowest BCUT2D eigenvalue weighted by Gasteiger charge is -2.19. The second-order valence-electron chi connectivity index (χ2n) is 6.42. The van der Waals surface area contributed by atoms with Gasteiger partial charge in [-0.3, -0.25) is 4.79 Å². The van der Waals surface area contributed by atoms with Gasteiger partial charge in [0, 0.05) is 12.0 Å². The van der Waals surface area contributed by atoms with Crippen molar-refractivity contribution >= 4 is 5.78 Å². The molecule has 20 heavy (non-hydrogen) atoms. The Balaban J connectivity index is 2.14. The number of Topliss-reactive ketones (excluding diaryl/α,β-unsaturated/α-hetero) is 1. The molecule has 1 nitrogen and oxygen atoms in total. The largest absolute Gasteiger partial charge is 0.294 e. The molecule has 0 heterocycles. The van der Waals surface area contributed by atoms with Crippen LogP contribution in [0.25, 0.3) is 0 Å². The van der Waals surface area contributed by atoms with E-state index < -0.39 is 0 Å². The van der Waals surface area contributed by atoms with Crippen LogP contribution in [0.15, 0.2) is 48.5 Å². The zero-order valence-corrected chi connectivity index (χ0v) is 12.7. The Morgan fingerprint density at radius 2 is 1.65 bits per heavy atom. The van der Waals surface area contributed by atoms with E-state index in [1.165, 1.54) is 11.1 Å². The van der Waals surface area contributed by atoms with Gasteiger partial charge in [0.25, 0.3) is 0 Å². The molecule has 2 aromatic rings. The first-order valence-electron chi connectivity index (χ1n) is 7.05. The molecule has 0 unspecified atom stereocenters. The number of rotatable bonds is 3. The summed E-state index contributed by atoms with van der Waals surface area (Å²) in [4.78, 5) is 12.3. The fraction of sp³-hybridized carbons (Fsp3) is 0.316. The fourth-order valence-corrected chi connectivity index (χ4v) is 2.27. The molecule has 2 aromatic carbocycles. The Hall–Kier alpha value is -1.89. The molecule has 0 fully saturated rings. The van der Waals surface area contributed by atoms with Crippen molar-refractivity contribution in [3.8, 4) is 0 Å². The number of carbonyl (C=O) groups is 1. The van der Waals surface area contributed by atoms with Gasteiger partial charge in [-0.15, -0.1) is 0 Å². The first kappa shape index (κ1) is 14.5. The first-order chi connectivity index (χ1) is 9.36. The molecule has 0 aliphatic rings. The highest BCUT2D eigenvalue weighted by molar-refractivity contribution is 5.97. The zero-order valence-electron chi connectivity index (χ0n) is 12.7. The summed E-state index contributed by atoms with van der Waals surface area (Å²) in [5.74, 6) is 0.177. The van der Waals surface area contributed by atoms with Crippen molar-refractivity contribution in [2.75, 3.05) is 0 Å². The van der Waals surface area contributed by atoms with Crippen molar-refractivity contribution in [2.45, 2.75) is 39.5 Å². The van der Waals surface area contributed by atoms with E-state index in [-0.39, 0.29) is 11.2 Å². The van der Waals surface area contributed by atoms with E-state index in [1.807, 2.05) is 37.3 Å². The van der Waals surface area contributed by atoms with Crippen molar-refractivity contribution in [1.82, 2.24) is 0 Å². The first-order valence-corrected chi connectivity index (χ1v) is 7.05. The summed E-state index contributed by atoms with van der Waals surface area (Å²) in [6.45, 7) is 8.58. The average Bonchev–Trinajstić information content (AvgIpc) is 2.38. The fourth-order valence-electron chi connectivity index (χ4n) is 2.27. The van der Waals surface area contributed by atoms with E-state index in [4.69, 9.17) is 0 Å². The molecule has 2 rings (SSSR count). The van der Waals surface area contributed by atoms with E-state index in [0.717, 1.165) is 11.1 Å². The van der Waals surface area contributed by atoms with Gasteiger partial charge in [0.1, 0.15) is 0 Å². The van der Waals surface area contributed by atoms with Gasteiger partial charge in [-0.2, -0.15) is 0 Å². The van der Waals surface area contributed by atoms with Gasteiger partial charge in [0.2, 0.25) is 0 Å².